The molecule has 1 unspecified atom stereocenters. The third-order valence-corrected chi connectivity index (χ3v) is 2.97. The van der Waals surface area contributed by atoms with E-state index in [0.717, 1.165) is 6.42 Å². The number of carbonyl (C=O) groups is 3. The van der Waals surface area contributed by atoms with Crippen molar-refractivity contribution in [3.8, 4) is 0 Å². The molecular weight excluding hydrogens is 286 g/mol. The molecule has 0 saturated heterocycles. The number of carbonyl (C=O) groups excluding carboxylic acids is 3. The second kappa shape index (κ2) is 8.78. The number of rotatable bonds is 7. The Balaban J connectivity index is 2.57. The largest absolute Gasteiger partial charge is 0.468 e. The van der Waals surface area contributed by atoms with Gasteiger partial charge < -0.3 is 21.1 Å². The molecule has 1 atom stereocenters. The second-order valence-corrected chi connectivity index (χ2v) is 4.72. The van der Waals surface area contributed by atoms with Gasteiger partial charge >= 0.3 is 5.97 Å². The summed E-state index contributed by atoms with van der Waals surface area (Å²) >= 11 is 0. The Morgan fingerprint density at radius 3 is 2.41 bits per heavy atom. The van der Waals surface area contributed by atoms with Crippen molar-refractivity contribution in [2.24, 2.45) is 5.73 Å². The van der Waals surface area contributed by atoms with Crippen LogP contribution in [-0.4, -0.2) is 37.5 Å². The first-order valence-electron chi connectivity index (χ1n) is 6.99. The van der Waals surface area contributed by atoms with E-state index >= 15 is 0 Å². The lowest BCUT2D eigenvalue weighted by Crippen LogP contribution is -2.35. The summed E-state index contributed by atoms with van der Waals surface area (Å²) in [6.45, 7) is 1.76. The van der Waals surface area contributed by atoms with Gasteiger partial charge in [-0.05, 0) is 30.7 Å². The molecule has 1 aromatic rings. The molecule has 120 valence electrons. The number of benzene rings is 1. The number of nitrogens with one attached hydrogen (secondary N) is 2. The highest BCUT2D eigenvalue weighted by molar-refractivity contribution is 5.97. The van der Waals surface area contributed by atoms with E-state index < -0.39 is 17.9 Å². The summed E-state index contributed by atoms with van der Waals surface area (Å²) in [5, 5.41) is 5.11. The average Bonchev–Trinajstić information content (AvgIpc) is 2.53. The number of nitrogens with two attached hydrogens (primary N) is 1. The molecule has 0 aliphatic rings. The van der Waals surface area contributed by atoms with Crippen LogP contribution in [0.2, 0.25) is 0 Å². The molecule has 1 aromatic carbocycles. The maximum Gasteiger partial charge on any atom is 0.325 e. The molecule has 0 radical (unpaired) electrons. The number of anilines is 1. The molecule has 7 nitrogen and oxygen atoms in total. The number of esters is 1. The van der Waals surface area contributed by atoms with Crippen LogP contribution < -0.4 is 16.4 Å². The van der Waals surface area contributed by atoms with Crippen LogP contribution in [0.4, 0.5) is 5.69 Å². The summed E-state index contributed by atoms with van der Waals surface area (Å²) in [6.07, 6.45) is 1.44. The molecule has 0 aliphatic carbocycles. The molecule has 0 saturated carbocycles. The molecule has 0 spiro atoms. The third-order valence-electron chi connectivity index (χ3n) is 2.97. The lowest BCUT2D eigenvalue weighted by atomic mass is 10.1. The predicted octanol–water partition coefficient (Wildman–Crippen LogP) is 0.655. The molecule has 0 bridgehead atoms. The van der Waals surface area contributed by atoms with Crippen molar-refractivity contribution in [2.45, 2.75) is 25.8 Å². The second-order valence-electron chi connectivity index (χ2n) is 4.72. The Bertz CT molecular complexity index is 528. The smallest absolute Gasteiger partial charge is 0.325 e. The van der Waals surface area contributed by atoms with E-state index in [9.17, 15) is 14.4 Å². The molecule has 1 rings (SSSR count). The summed E-state index contributed by atoms with van der Waals surface area (Å²) in [5.74, 6) is -1.18. The zero-order chi connectivity index (χ0) is 16.5. The highest BCUT2D eigenvalue weighted by Crippen LogP contribution is 2.10. The quantitative estimate of drug-likeness (QED) is 0.641. The van der Waals surface area contributed by atoms with Gasteiger partial charge in [0, 0.05) is 11.3 Å². The van der Waals surface area contributed by atoms with Crippen molar-refractivity contribution in [3.05, 3.63) is 29.8 Å². The van der Waals surface area contributed by atoms with Crippen molar-refractivity contribution in [3.63, 3.8) is 0 Å². The van der Waals surface area contributed by atoms with Crippen LogP contribution >= 0.6 is 0 Å². The zero-order valence-electron chi connectivity index (χ0n) is 12.7. The molecule has 0 aliphatic heterocycles. The minimum absolute atomic E-state index is 0.195. The lowest BCUT2D eigenvalue weighted by Gasteiger charge is -2.11. The first-order chi connectivity index (χ1) is 10.5. The fourth-order valence-corrected chi connectivity index (χ4v) is 1.71. The van der Waals surface area contributed by atoms with Crippen LogP contribution in [0.25, 0.3) is 0 Å². The van der Waals surface area contributed by atoms with Gasteiger partial charge in [-0.15, -0.1) is 0 Å². The molecule has 0 aromatic heterocycles. The van der Waals surface area contributed by atoms with Gasteiger partial charge in [-0.25, -0.2) is 0 Å². The zero-order valence-corrected chi connectivity index (χ0v) is 12.7. The predicted molar refractivity (Wildman–Crippen MR) is 82.3 cm³/mol. The fourth-order valence-electron chi connectivity index (χ4n) is 1.71. The monoisotopic (exact) mass is 307 g/mol. The summed E-state index contributed by atoms with van der Waals surface area (Å²) in [6, 6.07) is 5.75. The SMILES string of the molecule is CCCC(N)C(=O)Nc1ccc(C(=O)NCC(=O)OC)cc1. The molecule has 4 N–H and O–H groups in total. The van der Waals surface area contributed by atoms with E-state index in [0.29, 0.717) is 17.7 Å². The highest BCUT2D eigenvalue weighted by atomic mass is 16.5. The van der Waals surface area contributed by atoms with Crippen molar-refractivity contribution in [1.82, 2.24) is 5.32 Å². The van der Waals surface area contributed by atoms with Gasteiger partial charge in [-0.3, -0.25) is 14.4 Å². The fraction of sp³-hybridized carbons (Fsp3) is 0.400. The molecular formula is C15H21N3O4. The standard InChI is InChI=1S/C15H21N3O4/c1-3-4-12(16)15(21)18-11-7-5-10(6-8-11)14(20)17-9-13(19)22-2/h5-8,12H,3-4,9,16H2,1-2H3,(H,17,20)(H,18,21). The van der Waals surface area contributed by atoms with E-state index in [-0.39, 0.29) is 12.5 Å². The van der Waals surface area contributed by atoms with Crippen LogP contribution in [0, 0.1) is 0 Å². The summed E-state index contributed by atoms with van der Waals surface area (Å²) < 4.78 is 4.43. The van der Waals surface area contributed by atoms with Crippen molar-refractivity contribution >= 4 is 23.5 Å². The van der Waals surface area contributed by atoms with Crippen LogP contribution in [0.15, 0.2) is 24.3 Å². The Kier molecular flexibility index (Phi) is 7.04. The van der Waals surface area contributed by atoms with Gasteiger partial charge in [0.05, 0.1) is 13.2 Å². The molecule has 0 fully saturated rings. The maximum absolute atomic E-state index is 11.8. The van der Waals surface area contributed by atoms with Gasteiger partial charge in [0.15, 0.2) is 0 Å². The van der Waals surface area contributed by atoms with Crippen molar-refractivity contribution in [2.75, 3.05) is 19.0 Å². The van der Waals surface area contributed by atoms with Gasteiger partial charge in [0.1, 0.15) is 6.54 Å². The summed E-state index contributed by atoms with van der Waals surface area (Å²) in [4.78, 5) is 34.5. The molecule has 2 amide bonds. The highest BCUT2D eigenvalue weighted by Gasteiger charge is 2.13. The topological polar surface area (TPSA) is 111 Å². The van der Waals surface area contributed by atoms with Crippen LogP contribution in [0.5, 0.6) is 0 Å². The van der Waals surface area contributed by atoms with Gasteiger partial charge in [-0.2, -0.15) is 0 Å². The first kappa shape index (κ1) is 17.6. The van der Waals surface area contributed by atoms with Crippen LogP contribution in [0.3, 0.4) is 0 Å². The third kappa shape index (κ3) is 5.53. The minimum Gasteiger partial charge on any atom is -0.468 e. The Morgan fingerprint density at radius 1 is 1.23 bits per heavy atom. The van der Waals surface area contributed by atoms with Gasteiger partial charge in [-0.1, -0.05) is 13.3 Å². The van der Waals surface area contributed by atoms with Crippen molar-refractivity contribution in [1.29, 1.82) is 0 Å². The van der Waals surface area contributed by atoms with Crippen LogP contribution in [0.1, 0.15) is 30.1 Å². The average molecular weight is 307 g/mol. The van der Waals surface area contributed by atoms with Crippen molar-refractivity contribution < 1.29 is 19.1 Å². The maximum atomic E-state index is 11.8. The molecule has 7 heteroatoms. The van der Waals surface area contributed by atoms with Gasteiger partial charge in [0.25, 0.3) is 5.91 Å². The van der Waals surface area contributed by atoms with E-state index in [4.69, 9.17) is 5.73 Å². The van der Waals surface area contributed by atoms with Crippen LogP contribution in [-0.2, 0) is 14.3 Å². The van der Waals surface area contributed by atoms with E-state index in [1.54, 1.807) is 24.3 Å². The van der Waals surface area contributed by atoms with E-state index in [1.165, 1.54) is 7.11 Å². The summed E-state index contributed by atoms with van der Waals surface area (Å²) in [5.41, 5.74) is 6.65. The molecule has 0 heterocycles. The first-order valence-corrected chi connectivity index (χ1v) is 6.99. The Morgan fingerprint density at radius 2 is 1.86 bits per heavy atom. The minimum atomic E-state index is -0.548. The number of hydrogen-bond donors (Lipinski definition) is 3. The Hall–Kier alpha value is -2.41. The summed E-state index contributed by atoms with van der Waals surface area (Å²) in [7, 11) is 1.25. The normalized spacial score (nSPS) is 11.4. The number of amides is 2. The van der Waals surface area contributed by atoms with Gasteiger partial charge in [0.2, 0.25) is 5.91 Å². The van der Waals surface area contributed by atoms with E-state index in [1.807, 2.05) is 6.92 Å². The number of ether oxygens (including phenoxy) is 1. The number of hydrogen-bond acceptors (Lipinski definition) is 5. The number of methoxy groups -OCH3 is 1. The van der Waals surface area contributed by atoms with E-state index in [2.05, 4.69) is 15.4 Å². The lowest BCUT2D eigenvalue weighted by molar-refractivity contribution is -0.139. The molecule has 22 heavy (non-hydrogen) atoms. The Labute approximate surface area is 129 Å².